The molecule has 1 unspecified atom stereocenters. The molecule has 8 nitrogen and oxygen atoms in total. The van der Waals surface area contributed by atoms with Gasteiger partial charge < -0.3 is 15.2 Å². The molecule has 3 N–H and O–H groups in total. The van der Waals surface area contributed by atoms with E-state index in [-0.39, 0.29) is 24.7 Å². The van der Waals surface area contributed by atoms with Gasteiger partial charge in [-0.3, -0.25) is 9.89 Å². The van der Waals surface area contributed by atoms with E-state index < -0.39 is 0 Å². The lowest BCUT2D eigenvalue weighted by Gasteiger charge is -2.22. The number of amides is 1. The number of halogens is 1. The number of aromatic nitrogens is 4. The molecule has 1 aliphatic heterocycles. The van der Waals surface area contributed by atoms with E-state index >= 15 is 0 Å². The minimum atomic E-state index is -0.0426. The fourth-order valence-corrected chi connectivity index (χ4v) is 3.67. The van der Waals surface area contributed by atoms with E-state index in [2.05, 4.69) is 31.0 Å². The van der Waals surface area contributed by atoms with Crippen LogP contribution < -0.4 is 10.6 Å². The summed E-state index contributed by atoms with van der Waals surface area (Å²) < 4.78 is 5.28. The smallest absolute Gasteiger partial charge is 0.278 e. The molecule has 142 valence electrons. The van der Waals surface area contributed by atoms with Crippen molar-refractivity contribution in [2.75, 3.05) is 13.1 Å². The zero-order valence-corrected chi connectivity index (χ0v) is 15.5. The monoisotopic (exact) mass is 380 g/mol. The third kappa shape index (κ3) is 4.42. The van der Waals surface area contributed by atoms with Gasteiger partial charge in [-0.2, -0.15) is 10.1 Å². The minimum absolute atomic E-state index is 0. The van der Waals surface area contributed by atoms with Crippen molar-refractivity contribution in [2.24, 2.45) is 0 Å². The van der Waals surface area contributed by atoms with Gasteiger partial charge in [-0.05, 0) is 31.9 Å². The third-order valence-electron chi connectivity index (χ3n) is 5.07. The number of hydrogen-bond donors (Lipinski definition) is 3. The molecular formula is C17H25ClN6O2. The molecule has 1 amide bonds. The highest BCUT2D eigenvalue weighted by Gasteiger charge is 2.22. The van der Waals surface area contributed by atoms with Gasteiger partial charge in [-0.25, -0.2) is 0 Å². The van der Waals surface area contributed by atoms with E-state index in [0.29, 0.717) is 29.4 Å². The molecule has 0 bridgehead atoms. The van der Waals surface area contributed by atoms with E-state index in [1.807, 2.05) is 6.07 Å². The fourth-order valence-electron chi connectivity index (χ4n) is 3.67. The maximum absolute atomic E-state index is 12.1. The number of carbonyl (C=O) groups excluding carboxylic acids is 1. The van der Waals surface area contributed by atoms with Crippen LogP contribution in [0.25, 0.3) is 11.6 Å². The van der Waals surface area contributed by atoms with Crippen LogP contribution in [0.1, 0.15) is 56.0 Å². The zero-order valence-electron chi connectivity index (χ0n) is 14.7. The molecule has 1 atom stereocenters. The fraction of sp³-hybridized carbons (Fsp3) is 0.647. The maximum Gasteiger partial charge on any atom is 0.278 e. The van der Waals surface area contributed by atoms with Crippen molar-refractivity contribution in [3.8, 4) is 11.6 Å². The summed E-state index contributed by atoms with van der Waals surface area (Å²) >= 11 is 0. The highest BCUT2D eigenvalue weighted by molar-refractivity contribution is 5.85. The van der Waals surface area contributed by atoms with E-state index in [0.717, 1.165) is 38.0 Å². The van der Waals surface area contributed by atoms with Gasteiger partial charge in [0.05, 0.1) is 6.42 Å². The SMILES string of the molecule is Cl.O=C(Cc1noc(-c2cc(C3CCNC3)[nH]n2)n1)NC1CCCCC1. The Morgan fingerprint density at radius 1 is 1.27 bits per heavy atom. The molecule has 9 heteroatoms. The topological polar surface area (TPSA) is 109 Å². The lowest BCUT2D eigenvalue weighted by molar-refractivity contribution is -0.121. The Balaban J connectivity index is 0.00000196. The molecule has 2 aromatic rings. The zero-order chi connectivity index (χ0) is 17.1. The van der Waals surface area contributed by atoms with E-state index in [4.69, 9.17) is 4.52 Å². The summed E-state index contributed by atoms with van der Waals surface area (Å²) in [5.74, 6) is 1.16. The maximum atomic E-state index is 12.1. The summed E-state index contributed by atoms with van der Waals surface area (Å²) in [6.07, 6.45) is 7.01. The lowest BCUT2D eigenvalue weighted by Crippen LogP contribution is -2.37. The first-order valence-electron chi connectivity index (χ1n) is 9.16. The largest absolute Gasteiger partial charge is 0.353 e. The molecule has 2 fully saturated rings. The predicted octanol–water partition coefficient (Wildman–Crippen LogP) is 1.95. The number of hydrogen-bond acceptors (Lipinski definition) is 6. The van der Waals surface area contributed by atoms with Crippen LogP contribution in [0.5, 0.6) is 0 Å². The van der Waals surface area contributed by atoms with Crippen molar-refractivity contribution in [1.82, 2.24) is 31.0 Å². The van der Waals surface area contributed by atoms with Crippen molar-refractivity contribution in [1.29, 1.82) is 0 Å². The number of H-pyrrole nitrogens is 1. The molecular weight excluding hydrogens is 356 g/mol. The Hall–Kier alpha value is -1.93. The van der Waals surface area contributed by atoms with Crippen LogP contribution in [-0.4, -0.2) is 45.4 Å². The van der Waals surface area contributed by atoms with Crippen molar-refractivity contribution in [3.63, 3.8) is 0 Å². The molecule has 4 rings (SSSR count). The summed E-state index contributed by atoms with van der Waals surface area (Å²) in [7, 11) is 0. The van der Waals surface area contributed by atoms with Crippen molar-refractivity contribution < 1.29 is 9.32 Å². The molecule has 2 aliphatic rings. The molecule has 0 spiro atoms. The predicted molar refractivity (Wildman–Crippen MR) is 98.1 cm³/mol. The summed E-state index contributed by atoms with van der Waals surface area (Å²) in [5.41, 5.74) is 1.71. The Labute approximate surface area is 158 Å². The minimum Gasteiger partial charge on any atom is -0.353 e. The normalized spacial score (nSPS) is 20.7. The highest BCUT2D eigenvalue weighted by atomic mass is 35.5. The quantitative estimate of drug-likeness (QED) is 0.731. The molecule has 0 aromatic carbocycles. The van der Waals surface area contributed by atoms with Gasteiger partial charge in [0.1, 0.15) is 0 Å². The van der Waals surface area contributed by atoms with E-state index in [1.165, 1.54) is 19.3 Å². The number of carbonyl (C=O) groups is 1. The second kappa shape index (κ2) is 8.64. The highest BCUT2D eigenvalue weighted by Crippen LogP contribution is 2.24. The number of nitrogens with one attached hydrogen (secondary N) is 3. The van der Waals surface area contributed by atoms with Crippen molar-refractivity contribution in [2.45, 2.75) is 56.9 Å². The Morgan fingerprint density at radius 2 is 2.12 bits per heavy atom. The van der Waals surface area contributed by atoms with Crippen LogP contribution in [0.2, 0.25) is 0 Å². The second-order valence-electron chi connectivity index (χ2n) is 6.99. The Bertz CT molecular complexity index is 718. The number of aromatic amines is 1. The van der Waals surface area contributed by atoms with Gasteiger partial charge in [0.15, 0.2) is 11.5 Å². The second-order valence-corrected chi connectivity index (χ2v) is 6.99. The summed E-state index contributed by atoms with van der Waals surface area (Å²) in [4.78, 5) is 16.5. The molecule has 3 heterocycles. The van der Waals surface area contributed by atoms with Crippen LogP contribution in [0.15, 0.2) is 10.6 Å². The molecule has 2 aromatic heterocycles. The number of nitrogens with zero attached hydrogens (tertiary/aromatic N) is 3. The molecule has 0 radical (unpaired) electrons. The van der Waals surface area contributed by atoms with Crippen LogP contribution in [0.3, 0.4) is 0 Å². The molecule has 1 aliphatic carbocycles. The lowest BCUT2D eigenvalue weighted by atomic mass is 9.95. The first kappa shape index (κ1) is 18.8. The van der Waals surface area contributed by atoms with Crippen LogP contribution in [0.4, 0.5) is 0 Å². The first-order valence-corrected chi connectivity index (χ1v) is 9.16. The standard InChI is InChI=1S/C17H24N6O2.ClH/c24-16(19-12-4-2-1-3-5-12)9-15-20-17(25-23-15)14-8-13(21-22-14)11-6-7-18-10-11;/h8,11-12,18H,1-7,9-10H2,(H,19,24)(H,21,22);1H. The first-order chi connectivity index (χ1) is 12.3. The number of rotatable bonds is 5. The van der Waals surface area contributed by atoms with Crippen molar-refractivity contribution >= 4 is 18.3 Å². The van der Waals surface area contributed by atoms with Gasteiger partial charge in [-0.15, -0.1) is 12.4 Å². The third-order valence-corrected chi connectivity index (χ3v) is 5.07. The average Bonchev–Trinajstić information content (AvgIpc) is 3.36. The van der Waals surface area contributed by atoms with Gasteiger partial charge in [0.2, 0.25) is 5.91 Å². The van der Waals surface area contributed by atoms with Gasteiger partial charge in [0.25, 0.3) is 5.89 Å². The Kier molecular flexibility index (Phi) is 6.26. The molecule has 1 saturated heterocycles. The van der Waals surface area contributed by atoms with Crippen LogP contribution in [-0.2, 0) is 11.2 Å². The summed E-state index contributed by atoms with van der Waals surface area (Å²) in [5, 5.41) is 17.6. The van der Waals surface area contributed by atoms with Crippen molar-refractivity contribution in [3.05, 3.63) is 17.6 Å². The molecule has 26 heavy (non-hydrogen) atoms. The van der Waals surface area contributed by atoms with Gasteiger partial charge in [0, 0.05) is 24.2 Å². The summed E-state index contributed by atoms with van der Waals surface area (Å²) in [6.45, 7) is 1.98. The summed E-state index contributed by atoms with van der Waals surface area (Å²) in [6, 6.07) is 2.25. The Morgan fingerprint density at radius 3 is 2.88 bits per heavy atom. The average molecular weight is 381 g/mol. The van der Waals surface area contributed by atoms with Gasteiger partial charge >= 0.3 is 0 Å². The van der Waals surface area contributed by atoms with Crippen LogP contribution in [0, 0.1) is 0 Å². The van der Waals surface area contributed by atoms with Crippen LogP contribution >= 0.6 is 12.4 Å². The van der Waals surface area contributed by atoms with E-state index in [1.54, 1.807) is 0 Å². The van der Waals surface area contributed by atoms with Gasteiger partial charge in [-0.1, -0.05) is 24.4 Å². The molecule has 1 saturated carbocycles. The van der Waals surface area contributed by atoms with E-state index in [9.17, 15) is 4.79 Å².